The summed E-state index contributed by atoms with van der Waals surface area (Å²) in [6, 6.07) is 13.2. The van der Waals surface area contributed by atoms with E-state index in [9.17, 15) is 13.6 Å². The molecular weight excluding hydrogens is 336 g/mol. The van der Waals surface area contributed by atoms with Gasteiger partial charge in [-0.25, -0.2) is 13.5 Å². The smallest absolute Gasteiger partial charge is 0.249 e. The molecule has 2 aromatic carbocycles. The van der Waals surface area contributed by atoms with E-state index in [0.717, 1.165) is 35.4 Å². The van der Waals surface area contributed by atoms with E-state index in [1.54, 1.807) is 16.9 Å². The number of nitrogens with one attached hydrogen (secondary N) is 1. The van der Waals surface area contributed by atoms with Crippen molar-refractivity contribution in [3.05, 3.63) is 89.1 Å². The quantitative estimate of drug-likeness (QED) is 0.700. The lowest BCUT2D eigenvalue weighted by Gasteiger charge is -2.08. The normalized spacial score (nSPS) is 11.0. The van der Waals surface area contributed by atoms with Crippen molar-refractivity contribution in [2.45, 2.75) is 13.5 Å². The van der Waals surface area contributed by atoms with Crippen molar-refractivity contribution in [1.29, 1.82) is 0 Å². The summed E-state index contributed by atoms with van der Waals surface area (Å²) in [6.07, 6.45) is 3.78. The molecule has 0 saturated carbocycles. The van der Waals surface area contributed by atoms with Crippen LogP contribution in [0.1, 0.15) is 16.7 Å². The zero-order chi connectivity index (χ0) is 18.5. The molecule has 1 heterocycles. The standard InChI is InChI=1S/C20H17F2N3O/c1-14-4-2-5-15(12-14)13-25-19(10-11-23-25)24-20(26)9-8-16-17(21)6-3-7-18(16)22/h2-12H,13H2,1H3,(H,24,26)/b9-8+. The van der Waals surface area contributed by atoms with Gasteiger partial charge in [0.05, 0.1) is 12.7 Å². The van der Waals surface area contributed by atoms with Gasteiger partial charge < -0.3 is 5.32 Å². The molecule has 1 amide bonds. The molecule has 1 aromatic heterocycles. The van der Waals surface area contributed by atoms with Crippen molar-refractivity contribution in [1.82, 2.24) is 9.78 Å². The van der Waals surface area contributed by atoms with E-state index in [1.165, 1.54) is 6.07 Å². The van der Waals surface area contributed by atoms with Crippen LogP contribution in [0.4, 0.5) is 14.6 Å². The summed E-state index contributed by atoms with van der Waals surface area (Å²) in [4.78, 5) is 12.1. The molecule has 0 fully saturated rings. The third kappa shape index (κ3) is 4.22. The Balaban J connectivity index is 1.71. The summed E-state index contributed by atoms with van der Waals surface area (Å²) in [5, 5.41) is 6.86. The maximum atomic E-state index is 13.6. The molecule has 0 unspecified atom stereocenters. The molecule has 0 saturated heterocycles. The first-order chi connectivity index (χ1) is 12.5. The van der Waals surface area contributed by atoms with Crippen LogP contribution < -0.4 is 5.32 Å². The fraction of sp³-hybridized carbons (Fsp3) is 0.100. The maximum absolute atomic E-state index is 13.6. The van der Waals surface area contributed by atoms with Crippen LogP contribution in [0.2, 0.25) is 0 Å². The lowest BCUT2D eigenvalue weighted by Crippen LogP contribution is -2.14. The molecule has 0 spiro atoms. The third-order valence-corrected chi connectivity index (χ3v) is 3.78. The molecule has 6 heteroatoms. The van der Waals surface area contributed by atoms with Crippen LogP contribution in [-0.4, -0.2) is 15.7 Å². The third-order valence-electron chi connectivity index (χ3n) is 3.78. The minimum Gasteiger partial charge on any atom is -0.307 e. The van der Waals surface area contributed by atoms with Crippen molar-refractivity contribution >= 4 is 17.8 Å². The fourth-order valence-electron chi connectivity index (χ4n) is 2.55. The minimum atomic E-state index is -0.724. The number of carbonyl (C=O) groups excluding carboxylic acids is 1. The molecule has 0 aliphatic heterocycles. The van der Waals surface area contributed by atoms with Crippen molar-refractivity contribution in [2.75, 3.05) is 5.32 Å². The molecule has 3 aromatic rings. The number of anilines is 1. The number of hydrogen-bond acceptors (Lipinski definition) is 2. The summed E-state index contributed by atoms with van der Waals surface area (Å²) in [7, 11) is 0. The lowest BCUT2D eigenvalue weighted by molar-refractivity contribution is -0.111. The molecule has 132 valence electrons. The second kappa shape index (κ2) is 7.74. The molecule has 1 N–H and O–H groups in total. The average molecular weight is 353 g/mol. The highest BCUT2D eigenvalue weighted by molar-refractivity contribution is 6.01. The topological polar surface area (TPSA) is 46.9 Å². The average Bonchev–Trinajstić information content (AvgIpc) is 3.01. The predicted molar refractivity (Wildman–Crippen MR) is 96.5 cm³/mol. The van der Waals surface area contributed by atoms with Gasteiger partial charge in [0.2, 0.25) is 5.91 Å². The van der Waals surface area contributed by atoms with Crippen molar-refractivity contribution in [3.63, 3.8) is 0 Å². The molecule has 3 rings (SSSR count). The van der Waals surface area contributed by atoms with E-state index >= 15 is 0 Å². The van der Waals surface area contributed by atoms with Crippen LogP contribution in [0.3, 0.4) is 0 Å². The molecule has 4 nitrogen and oxygen atoms in total. The molecule has 0 aliphatic carbocycles. The van der Waals surface area contributed by atoms with Crippen LogP contribution in [0.15, 0.2) is 60.8 Å². The van der Waals surface area contributed by atoms with Crippen LogP contribution in [0.5, 0.6) is 0 Å². The van der Waals surface area contributed by atoms with Gasteiger partial charge in [-0.2, -0.15) is 5.10 Å². The van der Waals surface area contributed by atoms with Crippen LogP contribution in [0.25, 0.3) is 6.08 Å². The molecular formula is C20H17F2N3O. The number of aryl methyl sites for hydroxylation is 1. The van der Waals surface area contributed by atoms with Crippen molar-refractivity contribution < 1.29 is 13.6 Å². The van der Waals surface area contributed by atoms with Crippen LogP contribution in [-0.2, 0) is 11.3 Å². The van der Waals surface area contributed by atoms with Gasteiger partial charge in [-0.3, -0.25) is 4.79 Å². The number of nitrogens with zero attached hydrogens (tertiary/aromatic N) is 2. The zero-order valence-corrected chi connectivity index (χ0v) is 14.1. The Kier molecular flexibility index (Phi) is 5.22. The van der Waals surface area contributed by atoms with Gasteiger partial charge in [0.15, 0.2) is 0 Å². The van der Waals surface area contributed by atoms with Crippen molar-refractivity contribution in [3.8, 4) is 0 Å². The van der Waals surface area contributed by atoms with E-state index in [-0.39, 0.29) is 5.56 Å². The Morgan fingerprint density at radius 2 is 1.88 bits per heavy atom. The molecule has 0 atom stereocenters. The van der Waals surface area contributed by atoms with E-state index in [2.05, 4.69) is 10.4 Å². The number of benzene rings is 2. The van der Waals surface area contributed by atoms with E-state index in [0.29, 0.717) is 12.4 Å². The number of carbonyl (C=O) groups is 1. The highest BCUT2D eigenvalue weighted by Gasteiger charge is 2.08. The minimum absolute atomic E-state index is 0.254. The second-order valence-electron chi connectivity index (χ2n) is 5.82. The first-order valence-electron chi connectivity index (χ1n) is 8.03. The van der Waals surface area contributed by atoms with Gasteiger partial charge in [0.1, 0.15) is 17.5 Å². The Bertz CT molecular complexity index is 943. The van der Waals surface area contributed by atoms with Gasteiger partial charge in [-0.05, 0) is 30.7 Å². The molecule has 0 radical (unpaired) electrons. The molecule has 0 aliphatic rings. The van der Waals surface area contributed by atoms with Gasteiger partial charge in [0.25, 0.3) is 0 Å². The molecule has 26 heavy (non-hydrogen) atoms. The van der Waals surface area contributed by atoms with E-state index in [4.69, 9.17) is 0 Å². The number of aromatic nitrogens is 2. The summed E-state index contributed by atoms with van der Waals surface area (Å²) in [5.74, 6) is -1.45. The Hall–Kier alpha value is -3.28. The van der Waals surface area contributed by atoms with Gasteiger partial charge >= 0.3 is 0 Å². The monoisotopic (exact) mass is 353 g/mol. The zero-order valence-electron chi connectivity index (χ0n) is 14.1. The second-order valence-corrected chi connectivity index (χ2v) is 5.82. The first-order valence-corrected chi connectivity index (χ1v) is 8.03. The SMILES string of the molecule is Cc1cccc(Cn2nccc2NC(=O)/C=C/c2c(F)cccc2F)c1. The summed E-state index contributed by atoms with van der Waals surface area (Å²) >= 11 is 0. The summed E-state index contributed by atoms with van der Waals surface area (Å²) in [6.45, 7) is 2.50. The number of rotatable bonds is 5. The highest BCUT2D eigenvalue weighted by atomic mass is 19.1. The maximum Gasteiger partial charge on any atom is 0.249 e. The Morgan fingerprint density at radius 1 is 1.15 bits per heavy atom. The summed E-state index contributed by atoms with van der Waals surface area (Å²) < 4.78 is 28.8. The van der Waals surface area contributed by atoms with Gasteiger partial charge in [-0.15, -0.1) is 0 Å². The number of hydrogen-bond donors (Lipinski definition) is 1. The predicted octanol–water partition coefficient (Wildman–Crippen LogP) is 4.17. The van der Waals surface area contributed by atoms with Gasteiger partial charge in [0, 0.05) is 17.7 Å². The highest BCUT2D eigenvalue weighted by Crippen LogP contribution is 2.15. The number of amides is 1. The number of halogens is 2. The summed E-state index contributed by atoms with van der Waals surface area (Å²) in [5.41, 5.74) is 1.93. The Morgan fingerprint density at radius 3 is 2.62 bits per heavy atom. The lowest BCUT2D eigenvalue weighted by atomic mass is 10.1. The van der Waals surface area contributed by atoms with E-state index in [1.807, 2.05) is 31.2 Å². The largest absolute Gasteiger partial charge is 0.307 e. The first kappa shape index (κ1) is 17.5. The fourth-order valence-corrected chi connectivity index (χ4v) is 2.55. The Labute approximate surface area is 149 Å². The van der Waals surface area contributed by atoms with Gasteiger partial charge in [-0.1, -0.05) is 35.9 Å². The van der Waals surface area contributed by atoms with Crippen LogP contribution in [0, 0.1) is 18.6 Å². The van der Waals surface area contributed by atoms with Crippen LogP contribution >= 0.6 is 0 Å². The van der Waals surface area contributed by atoms with E-state index < -0.39 is 17.5 Å². The molecule has 0 bridgehead atoms. The van der Waals surface area contributed by atoms with Crippen molar-refractivity contribution in [2.24, 2.45) is 0 Å².